The van der Waals surface area contributed by atoms with Crippen molar-refractivity contribution < 1.29 is 33.7 Å². The Morgan fingerprint density at radius 3 is 2.45 bits per heavy atom. The first-order valence-corrected chi connectivity index (χ1v) is 14.2. The molecular formula is C33H38O7. The molecule has 7 heteroatoms. The maximum absolute atomic E-state index is 14.6. The van der Waals surface area contributed by atoms with Crippen LogP contribution in [0.25, 0.3) is 6.08 Å². The van der Waals surface area contributed by atoms with Gasteiger partial charge < -0.3 is 19.3 Å². The highest BCUT2D eigenvalue weighted by atomic mass is 16.6. The maximum Gasteiger partial charge on any atom is 0.177 e. The Kier molecular flexibility index (Phi) is 5.68. The van der Waals surface area contributed by atoms with Gasteiger partial charge in [-0.25, -0.2) is 0 Å². The van der Waals surface area contributed by atoms with E-state index in [9.17, 15) is 19.5 Å². The molecule has 0 aromatic heterocycles. The van der Waals surface area contributed by atoms with Gasteiger partial charge in [0.25, 0.3) is 0 Å². The molecular weight excluding hydrogens is 508 g/mol. The van der Waals surface area contributed by atoms with Gasteiger partial charge in [-0.05, 0) is 85.5 Å². The van der Waals surface area contributed by atoms with Crippen molar-refractivity contribution in [3.8, 4) is 17.2 Å². The van der Waals surface area contributed by atoms with Gasteiger partial charge in [-0.2, -0.15) is 0 Å². The molecule has 7 rings (SSSR count). The number of hydrogen-bond donors (Lipinski definition) is 1. The molecule has 3 saturated carbocycles. The molecule has 1 aromatic rings. The minimum atomic E-state index is -1.43. The van der Waals surface area contributed by atoms with E-state index in [1.807, 2.05) is 59.8 Å². The largest absolute Gasteiger partial charge is 0.506 e. The van der Waals surface area contributed by atoms with E-state index in [1.165, 1.54) is 0 Å². The van der Waals surface area contributed by atoms with Crippen molar-refractivity contribution in [3.05, 3.63) is 46.1 Å². The zero-order chi connectivity index (χ0) is 29.0. The number of aldehydes is 1. The third-order valence-corrected chi connectivity index (χ3v) is 9.73. The number of hydrogen-bond acceptors (Lipinski definition) is 7. The summed E-state index contributed by atoms with van der Waals surface area (Å²) < 4.78 is 20.3. The fourth-order valence-corrected chi connectivity index (χ4v) is 7.98. The third-order valence-electron chi connectivity index (χ3n) is 9.73. The van der Waals surface area contributed by atoms with Crippen LogP contribution >= 0.6 is 0 Å². The Bertz CT molecular complexity index is 1450. The molecule has 5 atom stereocenters. The molecule has 0 unspecified atom stereocenters. The summed E-state index contributed by atoms with van der Waals surface area (Å²) in [5.74, 6) is -0.935. The van der Waals surface area contributed by atoms with Gasteiger partial charge in [0.2, 0.25) is 0 Å². The third kappa shape index (κ3) is 3.36. The Balaban J connectivity index is 1.65. The van der Waals surface area contributed by atoms with Crippen LogP contribution in [0, 0.1) is 17.8 Å². The lowest BCUT2D eigenvalue weighted by Crippen LogP contribution is -2.76. The van der Waals surface area contributed by atoms with Crippen molar-refractivity contribution in [3.63, 3.8) is 0 Å². The Hall–Kier alpha value is -3.19. The number of fused-ring (bicyclic) bond motifs is 2. The van der Waals surface area contributed by atoms with Crippen LogP contribution in [-0.2, 0) is 20.7 Å². The first-order valence-electron chi connectivity index (χ1n) is 14.2. The molecule has 1 saturated heterocycles. The summed E-state index contributed by atoms with van der Waals surface area (Å²) in [6, 6.07) is 0. The highest BCUT2D eigenvalue weighted by Gasteiger charge is 2.83. The summed E-state index contributed by atoms with van der Waals surface area (Å²) >= 11 is 0. The Morgan fingerprint density at radius 2 is 1.77 bits per heavy atom. The number of allylic oxidation sites excluding steroid dienone is 3. The van der Waals surface area contributed by atoms with E-state index in [4.69, 9.17) is 14.2 Å². The number of Topliss-reactive ketones (excluding diaryl/α,β-unsaturated/α-hetero) is 2. The average molecular weight is 547 g/mol. The highest BCUT2D eigenvalue weighted by Crippen LogP contribution is 2.70. The molecule has 40 heavy (non-hydrogen) atoms. The van der Waals surface area contributed by atoms with Crippen molar-refractivity contribution >= 4 is 23.9 Å². The smallest absolute Gasteiger partial charge is 0.177 e. The van der Waals surface area contributed by atoms with Crippen LogP contribution in [0.1, 0.15) is 89.2 Å². The normalized spacial score (nSPS) is 33.9. The molecule has 3 aliphatic heterocycles. The molecule has 6 aliphatic rings. The Labute approximate surface area is 235 Å². The van der Waals surface area contributed by atoms with Crippen molar-refractivity contribution in [2.45, 2.75) is 96.6 Å². The van der Waals surface area contributed by atoms with Crippen molar-refractivity contribution in [1.29, 1.82) is 0 Å². The van der Waals surface area contributed by atoms with E-state index < -0.39 is 28.3 Å². The predicted molar refractivity (Wildman–Crippen MR) is 150 cm³/mol. The summed E-state index contributed by atoms with van der Waals surface area (Å²) in [5.41, 5.74) is -1.20. The van der Waals surface area contributed by atoms with E-state index in [0.29, 0.717) is 41.7 Å². The minimum Gasteiger partial charge on any atom is -0.506 e. The molecule has 7 nitrogen and oxygen atoms in total. The summed E-state index contributed by atoms with van der Waals surface area (Å²) in [7, 11) is 0. The molecule has 0 amide bonds. The van der Waals surface area contributed by atoms with Gasteiger partial charge >= 0.3 is 0 Å². The number of phenolic OH excluding ortho intramolecular Hbond substituents is 1. The molecule has 0 radical (unpaired) electrons. The molecule has 3 heterocycles. The molecule has 1 N–H and O–H groups in total. The summed E-state index contributed by atoms with van der Waals surface area (Å²) in [6.07, 6.45) is 9.69. The van der Waals surface area contributed by atoms with Crippen LogP contribution in [0.3, 0.4) is 0 Å². The fraction of sp³-hybridized carbons (Fsp3) is 0.545. The zero-order valence-corrected chi connectivity index (χ0v) is 24.3. The zero-order valence-electron chi connectivity index (χ0n) is 24.3. The number of carbonyl (C=O) groups is 3. The van der Waals surface area contributed by atoms with Gasteiger partial charge in [0.1, 0.15) is 34.7 Å². The standard InChI is InChI=1S/C33H38O7/c1-17(2)8-9-21-27-20(11-12-30(4,5)38-27)25(35)24-26(36)22-14-19-15-23-31(6,7)40-32(29(19)37,13-10-18(3)16-34)33(22,23)39-28(21)24/h8,10-12,16,19,22-23,35H,9,13-15H2,1-7H3/t19-,22+,23-,32-,33+/m0/s1. The van der Waals surface area contributed by atoms with Gasteiger partial charge in [0.15, 0.2) is 22.8 Å². The number of rotatable bonds is 5. The van der Waals surface area contributed by atoms with Gasteiger partial charge in [-0.1, -0.05) is 17.7 Å². The van der Waals surface area contributed by atoms with Gasteiger partial charge in [-0.3, -0.25) is 14.4 Å². The predicted octanol–water partition coefficient (Wildman–Crippen LogP) is 5.71. The molecule has 4 fully saturated rings. The SMILES string of the molecule is CC(C)=CCc1c2c(c(O)c3c1O[C@]14[C@H](C[C@H]5C[C@H]1C(C)(C)O[C@@]4(CC=C(C)C=O)C5=O)C3=O)C=CC(C)(C)O2. The minimum absolute atomic E-state index is 0.0647. The Morgan fingerprint density at radius 1 is 1.05 bits per heavy atom. The number of carbonyl (C=O) groups excluding carboxylic acids is 3. The van der Waals surface area contributed by atoms with Crippen molar-refractivity contribution in [2.24, 2.45) is 17.8 Å². The topological polar surface area (TPSA) is 99.1 Å². The van der Waals surface area contributed by atoms with E-state index in [0.717, 1.165) is 11.9 Å². The van der Waals surface area contributed by atoms with E-state index >= 15 is 0 Å². The number of benzene rings is 1. The first kappa shape index (κ1) is 27.0. The van der Waals surface area contributed by atoms with Crippen LogP contribution in [0.4, 0.5) is 0 Å². The average Bonchev–Trinajstić information content (AvgIpc) is 3.03. The van der Waals surface area contributed by atoms with Crippen LogP contribution in [0.15, 0.2) is 29.4 Å². The lowest BCUT2D eigenvalue weighted by molar-refractivity contribution is -0.199. The molecule has 1 aromatic carbocycles. The van der Waals surface area contributed by atoms with E-state index in [2.05, 4.69) is 0 Å². The number of aromatic hydroxyl groups is 1. The number of ketones is 2. The van der Waals surface area contributed by atoms with Crippen LogP contribution in [-0.4, -0.2) is 45.4 Å². The first-order chi connectivity index (χ1) is 18.7. The summed E-state index contributed by atoms with van der Waals surface area (Å²) in [5, 5.41) is 11.6. The van der Waals surface area contributed by atoms with E-state index in [-0.39, 0.29) is 46.9 Å². The second-order valence-electron chi connectivity index (χ2n) is 13.5. The highest BCUT2D eigenvalue weighted by molar-refractivity contribution is 6.09. The molecule has 4 bridgehead atoms. The fourth-order valence-electron chi connectivity index (χ4n) is 7.98. The maximum atomic E-state index is 14.6. The van der Waals surface area contributed by atoms with Gasteiger partial charge in [0.05, 0.1) is 17.1 Å². The van der Waals surface area contributed by atoms with Crippen LogP contribution in [0.2, 0.25) is 0 Å². The second-order valence-corrected chi connectivity index (χ2v) is 13.5. The van der Waals surface area contributed by atoms with Gasteiger partial charge in [-0.15, -0.1) is 0 Å². The van der Waals surface area contributed by atoms with E-state index in [1.54, 1.807) is 13.0 Å². The molecule has 1 spiro atoms. The molecule has 3 aliphatic carbocycles. The van der Waals surface area contributed by atoms with Crippen molar-refractivity contribution in [1.82, 2.24) is 0 Å². The van der Waals surface area contributed by atoms with Crippen LogP contribution < -0.4 is 9.47 Å². The number of ether oxygens (including phenoxy) is 3. The lowest BCUT2D eigenvalue weighted by atomic mass is 9.46. The van der Waals surface area contributed by atoms with Gasteiger partial charge in [0, 0.05) is 23.8 Å². The number of phenols is 1. The van der Waals surface area contributed by atoms with Crippen molar-refractivity contribution in [2.75, 3.05) is 0 Å². The summed E-state index contributed by atoms with van der Waals surface area (Å²) in [6.45, 7) is 13.5. The van der Waals surface area contributed by atoms with Crippen LogP contribution in [0.5, 0.6) is 17.2 Å². The quantitative estimate of drug-likeness (QED) is 0.287. The monoisotopic (exact) mass is 546 g/mol. The second kappa shape index (κ2) is 8.41. The molecule has 212 valence electrons. The lowest BCUT2D eigenvalue weighted by Gasteiger charge is -2.60. The summed E-state index contributed by atoms with van der Waals surface area (Å²) in [4.78, 5) is 40.3.